The van der Waals surface area contributed by atoms with Gasteiger partial charge in [0.25, 0.3) is 5.91 Å². The van der Waals surface area contributed by atoms with Gasteiger partial charge in [0.05, 0.1) is 0 Å². The molecule has 1 aromatic rings. The summed E-state index contributed by atoms with van der Waals surface area (Å²) in [6.07, 6.45) is 0.0599. The Morgan fingerprint density at radius 1 is 1.14 bits per heavy atom. The van der Waals surface area contributed by atoms with Crippen LogP contribution >= 0.6 is 0 Å². The molecule has 0 aliphatic carbocycles. The summed E-state index contributed by atoms with van der Waals surface area (Å²) in [4.78, 5) is 34.5. The van der Waals surface area contributed by atoms with Crippen molar-refractivity contribution in [2.24, 2.45) is 0 Å². The number of benzene rings is 1. The summed E-state index contributed by atoms with van der Waals surface area (Å²) in [6.45, 7) is 5.76. The van der Waals surface area contributed by atoms with Crippen LogP contribution in [-0.4, -0.2) is 28.8 Å². The maximum absolute atomic E-state index is 12.0. The lowest BCUT2D eigenvalue weighted by Crippen LogP contribution is -2.42. The van der Waals surface area contributed by atoms with Crippen molar-refractivity contribution in [3.05, 3.63) is 35.4 Å². The molecule has 5 heteroatoms. The number of hydrogen-bond acceptors (Lipinski definition) is 3. The first kappa shape index (κ1) is 16.9. The maximum Gasteiger partial charge on any atom is 0.326 e. The third kappa shape index (κ3) is 5.02. The van der Waals surface area contributed by atoms with Crippen molar-refractivity contribution in [2.75, 3.05) is 0 Å². The maximum atomic E-state index is 12.0. The standard InChI is InChI=1S/C16H21NO4/c1-4-13(18)9-14(16(20)21)17-15(19)12-7-5-11(6-8-12)10(2)3/h5-8,10,14H,4,9H2,1-3H3,(H,17,19)(H,20,21). The van der Waals surface area contributed by atoms with E-state index in [-0.39, 0.29) is 18.6 Å². The summed E-state index contributed by atoms with van der Waals surface area (Å²) in [5.74, 6) is -1.53. The molecule has 1 rings (SSSR count). The first-order valence-corrected chi connectivity index (χ1v) is 7.00. The Morgan fingerprint density at radius 3 is 2.14 bits per heavy atom. The van der Waals surface area contributed by atoms with Crippen LogP contribution in [0.25, 0.3) is 0 Å². The number of carboxylic acid groups (broad SMARTS) is 1. The van der Waals surface area contributed by atoms with Gasteiger partial charge >= 0.3 is 5.97 Å². The van der Waals surface area contributed by atoms with E-state index in [1.54, 1.807) is 19.1 Å². The fourth-order valence-electron chi connectivity index (χ4n) is 1.83. The number of rotatable bonds is 7. The molecule has 0 heterocycles. The van der Waals surface area contributed by atoms with E-state index in [0.717, 1.165) is 5.56 Å². The summed E-state index contributed by atoms with van der Waals surface area (Å²) < 4.78 is 0. The van der Waals surface area contributed by atoms with Crippen molar-refractivity contribution in [1.29, 1.82) is 0 Å². The predicted octanol–water partition coefficient (Wildman–Crippen LogP) is 2.36. The number of carbonyl (C=O) groups is 3. The lowest BCUT2D eigenvalue weighted by atomic mass is 10.0. The first-order valence-electron chi connectivity index (χ1n) is 7.00. The molecule has 0 bridgehead atoms. The van der Waals surface area contributed by atoms with Crippen LogP contribution in [0, 0.1) is 0 Å². The van der Waals surface area contributed by atoms with Crippen LogP contribution in [0.3, 0.4) is 0 Å². The van der Waals surface area contributed by atoms with Gasteiger partial charge < -0.3 is 10.4 Å². The average molecular weight is 291 g/mol. The second-order valence-corrected chi connectivity index (χ2v) is 5.24. The molecule has 0 fully saturated rings. The molecule has 1 unspecified atom stereocenters. The van der Waals surface area contributed by atoms with Crippen molar-refractivity contribution >= 4 is 17.7 Å². The molecule has 2 N–H and O–H groups in total. The van der Waals surface area contributed by atoms with Crippen LogP contribution in [-0.2, 0) is 9.59 Å². The Hall–Kier alpha value is -2.17. The second kappa shape index (κ2) is 7.57. The molecule has 0 saturated heterocycles. The van der Waals surface area contributed by atoms with Gasteiger partial charge in [0.2, 0.25) is 0 Å². The number of ketones is 1. The molecule has 5 nitrogen and oxygen atoms in total. The number of nitrogens with one attached hydrogen (secondary N) is 1. The normalized spacial score (nSPS) is 12.0. The predicted molar refractivity (Wildman–Crippen MR) is 79.3 cm³/mol. The summed E-state index contributed by atoms with van der Waals surface area (Å²) >= 11 is 0. The van der Waals surface area contributed by atoms with E-state index in [1.807, 2.05) is 26.0 Å². The zero-order valence-corrected chi connectivity index (χ0v) is 12.6. The molecule has 0 aromatic heterocycles. The Morgan fingerprint density at radius 2 is 1.71 bits per heavy atom. The zero-order chi connectivity index (χ0) is 16.0. The second-order valence-electron chi connectivity index (χ2n) is 5.24. The Bertz CT molecular complexity index is 520. The van der Waals surface area contributed by atoms with Gasteiger partial charge in [-0.1, -0.05) is 32.9 Å². The third-order valence-corrected chi connectivity index (χ3v) is 3.27. The molecule has 0 aliphatic rings. The van der Waals surface area contributed by atoms with Crippen LogP contribution in [0.1, 0.15) is 55.5 Å². The van der Waals surface area contributed by atoms with Crippen LogP contribution in [0.4, 0.5) is 0 Å². The highest BCUT2D eigenvalue weighted by molar-refractivity contribution is 5.97. The van der Waals surface area contributed by atoms with Crippen molar-refractivity contribution in [2.45, 2.75) is 45.6 Å². The lowest BCUT2D eigenvalue weighted by Gasteiger charge is -2.14. The van der Waals surface area contributed by atoms with Crippen LogP contribution in [0.2, 0.25) is 0 Å². The van der Waals surface area contributed by atoms with E-state index in [1.165, 1.54) is 0 Å². The number of carboxylic acids is 1. The molecule has 1 atom stereocenters. The first-order chi connectivity index (χ1) is 9.85. The molecular weight excluding hydrogens is 270 g/mol. The van der Waals surface area contributed by atoms with Gasteiger partial charge in [-0.3, -0.25) is 9.59 Å². The zero-order valence-electron chi connectivity index (χ0n) is 12.6. The Balaban J connectivity index is 2.77. The SMILES string of the molecule is CCC(=O)CC(NC(=O)c1ccc(C(C)C)cc1)C(=O)O. The summed E-state index contributed by atoms with van der Waals surface area (Å²) in [5, 5.41) is 11.5. The summed E-state index contributed by atoms with van der Waals surface area (Å²) in [7, 11) is 0. The van der Waals surface area contributed by atoms with Crippen LogP contribution < -0.4 is 5.32 Å². The third-order valence-electron chi connectivity index (χ3n) is 3.27. The largest absolute Gasteiger partial charge is 0.480 e. The number of carbonyl (C=O) groups excluding carboxylic acids is 2. The van der Waals surface area contributed by atoms with E-state index in [4.69, 9.17) is 5.11 Å². The van der Waals surface area contributed by atoms with Crippen LogP contribution in [0.5, 0.6) is 0 Å². The fraction of sp³-hybridized carbons (Fsp3) is 0.438. The molecule has 0 saturated carbocycles. The molecule has 21 heavy (non-hydrogen) atoms. The lowest BCUT2D eigenvalue weighted by molar-refractivity contribution is -0.141. The van der Waals surface area contributed by atoms with E-state index in [9.17, 15) is 14.4 Å². The van der Waals surface area contributed by atoms with Gasteiger partial charge in [-0.25, -0.2) is 4.79 Å². The van der Waals surface area contributed by atoms with Crippen molar-refractivity contribution in [3.63, 3.8) is 0 Å². The fourth-order valence-corrected chi connectivity index (χ4v) is 1.83. The van der Waals surface area contributed by atoms with Gasteiger partial charge in [-0.05, 0) is 23.6 Å². The number of hydrogen-bond donors (Lipinski definition) is 2. The minimum atomic E-state index is -1.20. The van der Waals surface area contributed by atoms with Gasteiger partial charge in [0.1, 0.15) is 11.8 Å². The molecule has 1 amide bonds. The number of Topliss-reactive ketones (excluding diaryl/α,β-unsaturated/α-hetero) is 1. The van der Waals surface area contributed by atoms with E-state index in [2.05, 4.69) is 5.32 Å². The molecule has 0 radical (unpaired) electrons. The molecule has 0 spiro atoms. The monoisotopic (exact) mass is 291 g/mol. The van der Waals surface area contributed by atoms with Crippen molar-refractivity contribution in [1.82, 2.24) is 5.32 Å². The minimum Gasteiger partial charge on any atom is -0.480 e. The summed E-state index contributed by atoms with van der Waals surface area (Å²) in [5.41, 5.74) is 1.48. The molecule has 0 aliphatic heterocycles. The molecule has 1 aromatic carbocycles. The quantitative estimate of drug-likeness (QED) is 0.807. The minimum absolute atomic E-state index is 0.193. The van der Waals surface area contributed by atoms with Crippen LogP contribution in [0.15, 0.2) is 24.3 Å². The highest BCUT2D eigenvalue weighted by Crippen LogP contribution is 2.14. The average Bonchev–Trinajstić information content (AvgIpc) is 2.46. The number of amides is 1. The topological polar surface area (TPSA) is 83.5 Å². The number of aliphatic carboxylic acids is 1. The molecule has 114 valence electrons. The van der Waals surface area contributed by atoms with Gasteiger partial charge in [-0.2, -0.15) is 0 Å². The van der Waals surface area contributed by atoms with Gasteiger partial charge in [-0.15, -0.1) is 0 Å². The van der Waals surface area contributed by atoms with E-state index >= 15 is 0 Å². The smallest absolute Gasteiger partial charge is 0.326 e. The Labute approximate surface area is 124 Å². The summed E-state index contributed by atoms with van der Waals surface area (Å²) in [6, 6.07) is 5.81. The highest BCUT2D eigenvalue weighted by Gasteiger charge is 2.23. The van der Waals surface area contributed by atoms with Crippen molar-refractivity contribution < 1.29 is 19.5 Å². The van der Waals surface area contributed by atoms with Gasteiger partial charge in [0.15, 0.2) is 0 Å². The van der Waals surface area contributed by atoms with Gasteiger partial charge in [0, 0.05) is 18.4 Å². The van der Waals surface area contributed by atoms with E-state index in [0.29, 0.717) is 11.5 Å². The Kier molecular flexibility index (Phi) is 6.09. The highest BCUT2D eigenvalue weighted by atomic mass is 16.4. The van der Waals surface area contributed by atoms with E-state index < -0.39 is 17.9 Å². The van der Waals surface area contributed by atoms with Crippen molar-refractivity contribution in [3.8, 4) is 0 Å². The molecular formula is C16H21NO4.